The Kier molecular flexibility index (Phi) is 3.67. The van der Waals surface area contributed by atoms with Crippen LogP contribution in [0.4, 0.5) is 0 Å². The van der Waals surface area contributed by atoms with E-state index >= 15 is 0 Å². The Hall–Kier alpha value is -2.23. The van der Waals surface area contributed by atoms with Crippen molar-refractivity contribution >= 4 is 5.97 Å². The van der Waals surface area contributed by atoms with E-state index in [9.17, 15) is 4.79 Å². The van der Waals surface area contributed by atoms with Crippen molar-refractivity contribution in [2.45, 2.75) is 19.8 Å². The number of carboxylic acids is 1. The molecule has 0 aromatic carbocycles. The van der Waals surface area contributed by atoms with Crippen LogP contribution in [0.1, 0.15) is 34.2 Å². The van der Waals surface area contributed by atoms with Gasteiger partial charge in [0.05, 0.1) is 0 Å². The standard InChI is InChI=1S/C14H14N2O2/c1-2-10-3-5-12(15-8-10)7-11-4-6-13(14(17)18)16-9-11/h3-6,8-9H,2,7H2,1H3,(H,17,18). The van der Waals surface area contributed by atoms with Crippen molar-refractivity contribution in [1.82, 2.24) is 9.97 Å². The summed E-state index contributed by atoms with van der Waals surface area (Å²) in [6, 6.07) is 7.33. The van der Waals surface area contributed by atoms with Crippen LogP contribution in [0.25, 0.3) is 0 Å². The van der Waals surface area contributed by atoms with Gasteiger partial charge in [0, 0.05) is 24.5 Å². The Morgan fingerprint density at radius 3 is 2.33 bits per heavy atom. The molecule has 1 N–H and O–H groups in total. The number of carboxylic acid groups (broad SMARTS) is 1. The summed E-state index contributed by atoms with van der Waals surface area (Å²) in [6.45, 7) is 2.09. The van der Waals surface area contributed by atoms with Crippen LogP contribution in [-0.2, 0) is 12.8 Å². The number of aromatic nitrogens is 2. The Morgan fingerprint density at radius 2 is 1.83 bits per heavy atom. The minimum Gasteiger partial charge on any atom is -0.477 e. The van der Waals surface area contributed by atoms with Gasteiger partial charge in [-0.1, -0.05) is 19.1 Å². The lowest BCUT2D eigenvalue weighted by Gasteiger charge is -2.02. The highest BCUT2D eigenvalue weighted by atomic mass is 16.4. The smallest absolute Gasteiger partial charge is 0.354 e. The summed E-state index contributed by atoms with van der Waals surface area (Å²) in [4.78, 5) is 18.9. The fraction of sp³-hybridized carbons (Fsp3) is 0.214. The van der Waals surface area contributed by atoms with Crippen molar-refractivity contribution in [1.29, 1.82) is 0 Å². The second-order valence-electron chi connectivity index (χ2n) is 4.04. The summed E-state index contributed by atoms with van der Waals surface area (Å²) < 4.78 is 0. The average molecular weight is 242 g/mol. The summed E-state index contributed by atoms with van der Waals surface area (Å²) in [5, 5.41) is 8.75. The molecule has 0 radical (unpaired) electrons. The van der Waals surface area contributed by atoms with Gasteiger partial charge in [0.1, 0.15) is 5.69 Å². The first-order valence-electron chi connectivity index (χ1n) is 5.81. The van der Waals surface area contributed by atoms with E-state index in [4.69, 9.17) is 5.11 Å². The molecule has 0 spiro atoms. The molecule has 0 unspecified atom stereocenters. The molecule has 0 amide bonds. The van der Waals surface area contributed by atoms with Crippen molar-refractivity contribution < 1.29 is 9.90 Å². The molecular weight excluding hydrogens is 228 g/mol. The SMILES string of the molecule is CCc1ccc(Cc2ccc(C(=O)O)nc2)nc1. The molecule has 4 heteroatoms. The predicted octanol–water partition coefficient (Wildman–Crippen LogP) is 2.33. The zero-order valence-electron chi connectivity index (χ0n) is 10.1. The number of carbonyl (C=O) groups is 1. The van der Waals surface area contributed by atoms with Gasteiger partial charge in [0.15, 0.2) is 0 Å². The molecular formula is C14H14N2O2. The highest BCUT2D eigenvalue weighted by Gasteiger charge is 2.04. The highest BCUT2D eigenvalue weighted by Crippen LogP contribution is 2.08. The molecule has 92 valence electrons. The second kappa shape index (κ2) is 5.40. The molecule has 0 aliphatic heterocycles. The van der Waals surface area contributed by atoms with Crippen LogP contribution in [0.3, 0.4) is 0 Å². The Balaban J connectivity index is 2.10. The molecule has 0 bridgehead atoms. The van der Waals surface area contributed by atoms with E-state index in [0.29, 0.717) is 6.42 Å². The number of aryl methyl sites for hydroxylation is 1. The van der Waals surface area contributed by atoms with Crippen molar-refractivity contribution in [3.63, 3.8) is 0 Å². The molecule has 4 nitrogen and oxygen atoms in total. The third-order valence-electron chi connectivity index (χ3n) is 2.72. The first kappa shape index (κ1) is 12.2. The highest BCUT2D eigenvalue weighted by molar-refractivity contribution is 5.85. The zero-order valence-corrected chi connectivity index (χ0v) is 10.1. The van der Waals surface area contributed by atoms with E-state index in [2.05, 4.69) is 23.0 Å². The molecule has 0 saturated heterocycles. The van der Waals surface area contributed by atoms with Crippen molar-refractivity contribution in [3.8, 4) is 0 Å². The summed E-state index contributed by atoms with van der Waals surface area (Å²) in [6.07, 6.45) is 5.09. The number of aromatic carboxylic acids is 1. The van der Waals surface area contributed by atoms with E-state index < -0.39 is 5.97 Å². The zero-order chi connectivity index (χ0) is 13.0. The number of nitrogens with zero attached hydrogens (tertiary/aromatic N) is 2. The van der Waals surface area contributed by atoms with E-state index in [1.807, 2.05) is 12.3 Å². The molecule has 2 heterocycles. The van der Waals surface area contributed by atoms with Gasteiger partial charge in [-0.15, -0.1) is 0 Å². The lowest BCUT2D eigenvalue weighted by Crippen LogP contribution is -2.01. The molecule has 0 aliphatic carbocycles. The topological polar surface area (TPSA) is 63.1 Å². The molecule has 2 aromatic heterocycles. The summed E-state index contributed by atoms with van der Waals surface area (Å²) in [5.41, 5.74) is 3.18. The van der Waals surface area contributed by atoms with Gasteiger partial charge in [0.2, 0.25) is 0 Å². The first-order chi connectivity index (χ1) is 8.69. The largest absolute Gasteiger partial charge is 0.477 e. The van der Waals surface area contributed by atoms with Crippen LogP contribution in [0, 0.1) is 0 Å². The van der Waals surface area contributed by atoms with Crippen molar-refractivity contribution in [2.24, 2.45) is 0 Å². The second-order valence-corrected chi connectivity index (χ2v) is 4.04. The van der Waals surface area contributed by atoms with E-state index in [-0.39, 0.29) is 5.69 Å². The predicted molar refractivity (Wildman–Crippen MR) is 67.6 cm³/mol. The van der Waals surface area contributed by atoms with E-state index in [1.54, 1.807) is 12.3 Å². The molecule has 0 fully saturated rings. The van der Waals surface area contributed by atoms with Gasteiger partial charge >= 0.3 is 5.97 Å². The number of pyridine rings is 2. The summed E-state index contributed by atoms with van der Waals surface area (Å²) >= 11 is 0. The van der Waals surface area contributed by atoms with E-state index in [0.717, 1.165) is 17.7 Å². The summed E-state index contributed by atoms with van der Waals surface area (Å²) in [5.74, 6) is -1.01. The minimum absolute atomic E-state index is 0.0630. The molecule has 2 rings (SSSR count). The van der Waals surface area contributed by atoms with Crippen molar-refractivity contribution in [3.05, 3.63) is 59.2 Å². The third kappa shape index (κ3) is 2.91. The lowest BCUT2D eigenvalue weighted by atomic mass is 10.1. The van der Waals surface area contributed by atoms with Gasteiger partial charge in [-0.2, -0.15) is 0 Å². The monoisotopic (exact) mass is 242 g/mol. The molecule has 0 saturated carbocycles. The minimum atomic E-state index is -1.01. The van der Waals surface area contributed by atoms with Gasteiger partial charge in [-0.3, -0.25) is 4.98 Å². The van der Waals surface area contributed by atoms with Crippen LogP contribution >= 0.6 is 0 Å². The van der Waals surface area contributed by atoms with Gasteiger partial charge in [0.25, 0.3) is 0 Å². The Labute approximate surface area is 105 Å². The normalized spacial score (nSPS) is 10.3. The Bertz CT molecular complexity index is 533. The number of rotatable bonds is 4. The van der Waals surface area contributed by atoms with Crippen LogP contribution < -0.4 is 0 Å². The van der Waals surface area contributed by atoms with Crippen LogP contribution in [0.5, 0.6) is 0 Å². The molecule has 18 heavy (non-hydrogen) atoms. The number of hydrogen-bond acceptors (Lipinski definition) is 3. The molecule has 2 aromatic rings. The summed E-state index contributed by atoms with van der Waals surface area (Å²) in [7, 11) is 0. The van der Waals surface area contributed by atoms with Crippen LogP contribution in [-0.4, -0.2) is 21.0 Å². The quantitative estimate of drug-likeness (QED) is 0.893. The fourth-order valence-electron chi connectivity index (χ4n) is 1.63. The maximum Gasteiger partial charge on any atom is 0.354 e. The molecule has 0 atom stereocenters. The van der Waals surface area contributed by atoms with Crippen molar-refractivity contribution in [2.75, 3.05) is 0 Å². The first-order valence-corrected chi connectivity index (χ1v) is 5.81. The van der Waals surface area contributed by atoms with E-state index in [1.165, 1.54) is 11.6 Å². The average Bonchev–Trinajstić information content (AvgIpc) is 2.40. The number of hydrogen-bond donors (Lipinski definition) is 1. The van der Waals surface area contributed by atoms with Crippen LogP contribution in [0.2, 0.25) is 0 Å². The van der Waals surface area contributed by atoms with Gasteiger partial charge in [-0.05, 0) is 29.7 Å². The van der Waals surface area contributed by atoms with Gasteiger partial charge in [-0.25, -0.2) is 9.78 Å². The lowest BCUT2D eigenvalue weighted by molar-refractivity contribution is 0.0690. The maximum absolute atomic E-state index is 10.7. The molecule has 0 aliphatic rings. The maximum atomic E-state index is 10.7. The van der Waals surface area contributed by atoms with Crippen LogP contribution in [0.15, 0.2) is 36.7 Å². The fourth-order valence-corrected chi connectivity index (χ4v) is 1.63. The van der Waals surface area contributed by atoms with Gasteiger partial charge < -0.3 is 5.11 Å². The third-order valence-corrected chi connectivity index (χ3v) is 2.72. The Morgan fingerprint density at radius 1 is 1.11 bits per heavy atom.